The summed E-state index contributed by atoms with van der Waals surface area (Å²) in [6.45, 7) is 0. The van der Waals surface area contributed by atoms with Gasteiger partial charge in [-0.2, -0.15) is 18.2 Å². The fourth-order valence-corrected chi connectivity index (χ4v) is 1.36. The average Bonchev–Trinajstić information content (AvgIpc) is 2.15. The van der Waals surface area contributed by atoms with Crippen molar-refractivity contribution >= 4 is 11.8 Å². The zero-order valence-corrected chi connectivity index (χ0v) is 8.57. The number of thioether (sulfide) groups is 1. The van der Waals surface area contributed by atoms with Crippen LogP contribution in [0.5, 0.6) is 5.88 Å². The molecule has 0 radical (unpaired) electrons. The van der Waals surface area contributed by atoms with Crippen molar-refractivity contribution in [1.29, 1.82) is 0 Å². The van der Waals surface area contributed by atoms with Gasteiger partial charge in [0.2, 0.25) is 11.4 Å². The molecule has 0 bridgehead atoms. The molecule has 96 valence electrons. The molecule has 17 heavy (non-hydrogen) atoms. The molecule has 1 N–H and O–H groups in total. The van der Waals surface area contributed by atoms with Crippen molar-refractivity contribution in [2.75, 3.05) is 0 Å². The second-order valence-electron chi connectivity index (χ2n) is 2.70. The lowest BCUT2D eigenvalue weighted by Gasteiger charge is -2.09. The third kappa shape index (κ3) is 3.95. The first-order chi connectivity index (χ1) is 7.70. The van der Waals surface area contributed by atoms with Crippen LogP contribution < -0.4 is 0 Å². The highest BCUT2D eigenvalue weighted by Gasteiger charge is 2.34. The third-order valence-electron chi connectivity index (χ3n) is 1.40. The lowest BCUT2D eigenvalue weighted by molar-refractivity contribution is -0.141. The van der Waals surface area contributed by atoms with E-state index in [-0.39, 0.29) is 17.8 Å². The van der Waals surface area contributed by atoms with Crippen LogP contribution in [0.15, 0.2) is 11.2 Å². The van der Waals surface area contributed by atoms with E-state index in [1.165, 1.54) is 0 Å². The first kappa shape index (κ1) is 13.9. The van der Waals surface area contributed by atoms with Gasteiger partial charge in [-0.15, -0.1) is 0 Å². The molecular formula is C7H4F6N2OS. The van der Waals surface area contributed by atoms with Crippen LogP contribution in [0, 0.1) is 0 Å². The number of hydrogen-bond donors (Lipinski definition) is 1. The van der Waals surface area contributed by atoms with Gasteiger partial charge in [0.05, 0.1) is 0 Å². The summed E-state index contributed by atoms with van der Waals surface area (Å²) in [7, 11) is 0. The number of aromatic hydroxyl groups is 1. The van der Waals surface area contributed by atoms with Crippen LogP contribution in [0.25, 0.3) is 0 Å². The van der Waals surface area contributed by atoms with Crippen molar-refractivity contribution in [2.45, 2.75) is 23.3 Å². The molecule has 0 aliphatic heterocycles. The van der Waals surface area contributed by atoms with E-state index < -0.39 is 34.8 Å². The largest absolute Gasteiger partial charge is 0.493 e. The highest BCUT2D eigenvalue weighted by Crippen LogP contribution is 2.32. The smallest absolute Gasteiger partial charge is 0.433 e. The Morgan fingerprint density at radius 1 is 1.18 bits per heavy atom. The van der Waals surface area contributed by atoms with E-state index in [4.69, 9.17) is 5.11 Å². The molecule has 1 aromatic rings. The van der Waals surface area contributed by atoms with Gasteiger partial charge in [0, 0.05) is 6.07 Å². The molecular weight excluding hydrogens is 274 g/mol. The van der Waals surface area contributed by atoms with Gasteiger partial charge in [-0.1, -0.05) is 0 Å². The molecule has 1 unspecified atom stereocenters. The topological polar surface area (TPSA) is 46.0 Å². The molecule has 0 amide bonds. The molecule has 1 heterocycles. The van der Waals surface area contributed by atoms with Crippen molar-refractivity contribution in [3.63, 3.8) is 0 Å². The summed E-state index contributed by atoms with van der Waals surface area (Å²) < 4.78 is 72.7. The number of alkyl halides is 6. The van der Waals surface area contributed by atoms with Gasteiger partial charge in [-0.25, -0.2) is 18.2 Å². The highest BCUT2D eigenvalue weighted by molar-refractivity contribution is 7.99. The normalized spacial score (nSPS) is 14.1. The fourth-order valence-electron chi connectivity index (χ4n) is 0.763. The maximum atomic E-state index is 12.5. The molecule has 1 atom stereocenters. The number of nitrogens with zero attached hydrogens (tertiary/aromatic N) is 2. The Labute approximate surface area is 94.9 Å². The maximum absolute atomic E-state index is 12.5. The summed E-state index contributed by atoms with van der Waals surface area (Å²) in [5.74, 6) is -1.07. The van der Waals surface area contributed by atoms with Gasteiger partial charge in [0.15, 0.2) is 10.9 Å². The minimum Gasteiger partial charge on any atom is -0.493 e. The lowest BCUT2D eigenvalue weighted by atomic mass is 10.4. The van der Waals surface area contributed by atoms with Crippen molar-refractivity contribution in [2.24, 2.45) is 0 Å². The Kier molecular flexibility index (Phi) is 4.07. The van der Waals surface area contributed by atoms with E-state index in [9.17, 15) is 26.3 Å². The Balaban J connectivity index is 2.98. The molecule has 0 aliphatic carbocycles. The van der Waals surface area contributed by atoms with E-state index in [1.54, 1.807) is 0 Å². The molecule has 0 aliphatic rings. The van der Waals surface area contributed by atoms with Gasteiger partial charge < -0.3 is 5.11 Å². The molecule has 1 aromatic heterocycles. The predicted octanol–water partition coefficient (Wildman–Crippen LogP) is 2.85. The van der Waals surface area contributed by atoms with E-state index in [2.05, 4.69) is 9.97 Å². The molecule has 0 fully saturated rings. The summed E-state index contributed by atoms with van der Waals surface area (Å²) >= 11 is -0.303. The Hall–Kier alpha value is -1.19. The van der Waals surface area contributed by atoms with Gasteiger partial charge in [-0.05, 0) is 11.8 Å². The van der Waals surface area contributed by atoms with Crippen LogP contribution in [0.2, 0.25) is 0 Å². The lowest BCUT2D eigenvalue weighted by Crippen LogP contribution is -2.11. The maximum Gasteiger partial charge on any atom is 0.433 e. The monoisotopic (exact) mass is 278 g/mol. The SMILES string of the molecule is Oc1cc(C(F)(F)F)nc(SC(F)C(F)F)n1. The van der Waals surface area contributed by atoms with Gasteiger partial charge in [0.25, 0.3) is 6.43 Å². The van der Waals surface area contributed by atoms with Crippen molar-refractivity contribution in [3.05, 3.63) is 11.8 Å². The van der Waals surface area contributed by atoms with Crippen LogP contribution in [0.1, 0.15) is 5.69 Å². The van der Waals surface area contributed by atoms with E-state index >= 15 is 0 Å². The average molecular weight is 278 g/mol. The summed E-state index contributed by atoms with van der Waals surface area (Å²) in [5, 5.41) is 7.92. The fraction of sp³-hybridized carbons (Fsp3) is 0.429. The molecule has 0 saturated heterocycles. The molecule has 0 saturated carbocycles. The third-order valence-corrected chi connectivity index (χ3v) is 2.22. The van der Waals surface area contributed by atoms with Crippen LogP contribution in [-0.4, -0.2) is 27.0 Å². The van der Waals surface area contributed by atoms with Crippen LogP contribution >= 0.6 is 11.8 Å². The van der Waals surface area contributed by atoms with Gasteiger partial charge in [0.1, 0.15) is 0 Å². The molecule has 0 aromatic carbocycles. The number of halogens is 6. The standard InChI is InChI=1S/C7H4F6N2OS/c8-4(9)5(10)17-6-14-2(7(11,12)13)1-3(16)15-6/h1,4-5H,(H,14,15,16). The summed E-state index contributed by atoms with van der Waals surface area (Å²) in [6.07, 6.45) is -8.27. The summed E-state index contributed by atoms with van der Waals surface area (Å²) in [5.41, 5.74) is -4.30. The first-order valence-electron chi connectivity index (χ1n) is 3.94. The second kappa shape index (κ2) is 4.98. The minimum absolute atomic E-state index is 0.208. The van der Waals surface area contributed by atoms with Crippen molar-refractivity contribution < 1.29 is 31.4 Å². The van der Waals surface area contributed by atoms with Crippen molar-refractivity contribution in [1.82, 2.24) is 9.97 Å². The van der Waals surface area contributed by atoms with Gasteiger partial charge in [-0.3, -0.25) is 0 Å². The first-order valence-corrected chi connectivity index (χ1v) is 4.82. The predicted molar refractivity (Wildman–Crippen MR) is 45.5 cm³/mol. The Morgan fingerprint density at radius 3 is 2.24 bits per heavy atom. The zero-order valence-electron chi connectivity index (χ0n) is 7.75. The molecule has 10 heteroatoms. The minimum atomic E-state index is -4.88. The summed E-state index contributed by atoms with van der Waals surface area (Å²) in [6, 6.07) is 0.208. The van der Waals surface area contributed by atoms with Crippen LogP contribution in [-0.2, 0) is 6.18 Å². The number of aromatic nitrogens is 2. The Morgan fingerprint density at radius 2 is 1.76 bits per heavy atom. The molecule has 0 spiro atoms. The highest BCUT2D eigenvalue weighted by atomic mass is 32.2. The Bertz CT molecular complexity index is 398. The van der Waals surface area contributed by atoms with Gasteiger partial charge >= 0.3 is 6.18 Å². The second-order valence-corrected chi connectivity index (χ2v) is 3.75. The van der Waals surface area contributed by atoms with Crippen molar-refractivity contribution in [3.8, 4) is 5.88 Å². The molecule has 3 nitrogen and oxygen atoms in total. The van der Waals surface area contributed by atoms with E-state index in [0.29, 0.717) is 0 Å². The number of rotatable bonds is 3. The van der Waals surface area contributed by atoms with Crippen LogP contribution in [0.3, 0.4) is 0 Å². The number of hydrogen-bond acceptors (Lipinski definition) is 4. The molecule has 1 rings (SSSR count). The quantitative estimate of drug-likeness (QED) is 0.524. The van der Waals surface area contributed by atoms with E-state index in [1.807, 2.05) is 0 Å². The van der Waals surface area contributed by atoms with Crippen LogP contribution in [0.4, 0.5) is 26.3 Å². The zero-order chi connectivity index (χ0) is 13.2. The summed E-state index contributed by atoms with van der Waals surface area (Å²) in [4.78, 5) is 5.82. The van der Waals surface area contributed by atoms with E-state index in [0.717, 1.165) is 0 Å².